The molecule has 0 saturated carbocycles. The lowest BCUT2D eigenvalue weighted by molar-refractivity contribution is -0.384. The number of nitrogens with one attached hydrogen (secondary N) is 1. The number of hydrogen-bond acceptors (Lipinski definition) is 5. The van der Waals surface area contributed by atoms with Crippen LogP contribution >= 0.6 is 15.9 Å². The number of carbonyl (C=O) groups is 1. The van der Waals surface area contributed by atoms with Crippen molar-refractivity contribution < 1.29 is 14.5 Å². The first-order chi connectivity index (χ1) is 10.7. The molecular formula is C15H20BrN3O4. The molecule has 1 atom stereocenters. The molecule has 7 nitrogen and oxygen atoms in total. The topological polar surface area (TPSA) is 84.7 Å². The average molecular weight is 386 g/mol. The van der Waals surface area contributed by atoms with Crippen LogP contribution in [0.2, 0.25) is 0 Å². The minimum atomic E-state index is -0.536. The van der Waals surface area contributed by atoms with E-state index in [0.717, 1.165) is 4.47 Å². The van der Waals surface area contributed by atoms with E-state index in [9.17, 15) is 14.9 Å². The molecule has 1 aromatic carbocycles. The lowest BCUT2D eigenvalue weighted by atomic mass is 10.2. The predicted molar refractivity (Wildman–Crippen MR) is 90.6 cm³/mol. The summed E-state index contributed by atoms with van der Waals surface area (Å²) < 4.78 is 6.10. The molecule has 0 aliphatic carbocycles. The number of ether oxygens (including phenoxy) is 1. The number of nitrogens with zero attached hydrogens (tertiary/aromatic N) is 2. The molecule has 23 heavy (non-hydrogen) atoms. The summed E-state index contributed by atoms with van der Waals surface area (Å²) in [5, 5.41) is 14.3. The first-order valence-electron chi connectivity index (χ1n) is 7.34. The monoisotopic (exact) mass is 385 g/mol. The molecule has 2 rings (SSSR count). The van der Waals surface area contributed by atoms with Gasteiger partial charge in [0.15, 0.2) is 0 Å². The third kappa shape index (κ3) is 4.82. The van der Waals surface area contributed by atoms with Gasteiger partial charge in [0.2, 0.25) is 0 Å². The van der Waals surface area contributed by atoms with Crippen LogP contribution in [0.25, 0.3) is 0 Å². The highest BCUT2D eigenvalue weighted by Gasteiger charge is 2.30. The summed E-state index contributed by atoms with van der Waals surface area (Å²) >= 11 is 3.32. The Hall–Kier alpha value is -1.83. The molecular weight excluding hydrogens is 366 g/mol. The quantitative estimate of drug-likeness (QED) is 0.631. The molecule has 0 aromatic heterocycles. The van der Waals surface area contributed by atoms with Crippen molar-refractivity contribution in [2.75, 3.05) is 18.4 Å². The number of benzene rings is 1. The highest BCUT2D eigenvalue weighted by atomic mass is 79.9. The Bertz CT molecular complexity index is 615. The van der Waals surface area contributed by atoms with Gasteiger partial charge in [-0.2, -0.15) is 0 Å². The van der Waals surface area contributed by atoms with Crippen LogP contribution in [-0.2, 0) is 4.74 Å². The highest BCUT2D eigenvalue weighted by Crippen LogP contribution is 2.29. The van der Waals surface area contributed by atoms with Crippen LogP contribution in [0.5, 0.6) is 0 Å². The van der Waals surface area contributed by atoms with Crippen molar-refractivity contribution in [3.05, 3.63) is 32.8 Å². The van der Waals surface area contributed by atoms with E-state index >= 15 is 0 Å². The smallest absolute Gasteiger partial charge is 0.410 e. The maximum absolute atomic E-state index is 12.0. The molecule has 1 heterocycles. The third-order valence-corrected chi connectivity index (χ3v) is 3.85. The number of nitro groups is 1. The molecule has 1 saturated heterocycles. The first kappa shape index (κ1) is 17.5. The van der Waals surface area contributed by atoms with Gasteiger partial charge in [-0.25, -0.2) is 4.79 Å². The molecule has 1 aliphatic rings. The van der Waals surface area contributed by atoms with E-state index in [1.807, 2.05) is 20.8 Å². The molecule has 0 unspecified atom stereocenters. The van der Waals surface area contributed by atoms with Crippen LogP contribution in [0.15, 0.2) is 22.7 Å². The van der Waals surface area contributed by atoms with Crippen LogP contribution in [0.1, 0.15) is 27.2 Å². The molecule has 0 spiro atoms. The van der Waals surface area contributed by atoms with Crippen molar-refractivity contribution in [1.82, 2.24) is 4.90 Å². The molecule has 8 heteroatoms. The fourth-order valence-electron chi connectivity index (χ4n) is 2.37. The standard InChI is InChI=1S/C15H20BrN3O4/c1-15(2,3)23-14(20)18-7-6-11(9-18)17-12-8-10(16)4-5-13(12)19(21)22/h4-5,8,11,17H,6-7,9H2,1-3H3/t11-/m0/s1. The molecule has 1 amide bonds. The number of nitro benzene ring substituents is 1. The highest BCUT2D eigenvalue weighted by molar-refractivity contribution is 9.10. The number of halogens is 1. The Morgan fingerprint density at radius 1 is 1.48 bits per heavy atom. The van der Waals surface area contributed by atoms with Gasteiger partial charge in [-0.1, -0.05) is 15.9 Å². The number of amides is 1. The minimum absolute atomic E-state index is 0.0175. The van der Waals surface area contributed by atoms with Gasteiger partial charge in [0.25, 0.3) is 5.69 Å². The number of likely N-dealkylation sites (tertiary alicyclic amines) is 1. The molecule has 0 radical (unpaired) electrons. The Morgan fingerprint density at radius 2 is 2.17 bits per heavy atom. The van der Waals surface area contributed by atoms with Gasteiger partial charge < -0.3 is 15.0 Å². The Morgan fingerprint density at radius 3 is 2.78 bits per heavy atom. The fourth-order valence-corrected chi connectivity index (χ4v) is 2.73. The van der Waals surface area contributed by atoms with Crippen molar-refractivity contribution in [3.8, 4) is 0 Å². The Labute approximate surface area is 143 Å². The second-order valence-corrected chi connectivity index (χ2v) is 7.39. The average Bonchev–Trinajstić information content (AvgIpc) is 2.85. The first-order valence-corrected chi connectivity index (χ1v) is 8.13. The number of carbonyl (C=O) groups excluding carboxylic acids is 1. The Balaban J connectivity index is 2.02. The summed E-state index contributed by atoms with van der Waals surface area (Å²) in [5.41, 5.74) is -0.0737. The zero-order valence-electron chi connectivity index (χ0n) is 13.3. The predicted octanol–water partition coefficient (Wildman–Crippen LogP) is 3.78. The summed E-state index contributed by atoms with van der Waals surface area (Å²) in [4.78, 5) is 24.3. The van der Waals surface area contributed by atoms with Gasteiger partial charge in [-0.3, -0.25) is 10.1 Å². The van der Waals surface area contributed by atoms with Crippen molar-refractivity contribution in [2.24, 2.45) is 0 Å². The SMILES string of the molecule is CC(C)(C)OC(=O)N1CC[C@H](Nc2cc(Br)ccc2[N+](=O)[O-])C1. The van der Waals surface area contributed by atoms with Gasteiger partial charge in [0, 0.05) is 29.7 Å². The lowest BCUT2D eigenvalue weighted by Gasteiger charge is -2.24. The van der Waals surface area contributed by atoms with Gasteiger partial charge in [0.1, 0.15) is 11.3 Å². The van der Waals surface area contributed by atoms with Crippen molar-refractivity contribution in [3.63, 3.8) is 0 Å². The van der Waals surface area contributed by atoms with E-state index in [1.165, 1.54) is 6.07 Å². The molecule has 1 aromatic rings. The van der Waals surface area contributed by atoms with E-state index in [1.54, 1.807) is 17.0 Å². The normalized spacial score (nSPS) is 17.9. The van der Waals surface area contributed by atoms with Crippen molar-refractivity contribution in [2.45, 2.75) is 38.8 Å². The van der Waals surface area contributed by atoms with Gasteiger partial charge in [0.05, 0.1) is 4.92 Å². The molecule has 1 aliphatic heterocycles. The summed E-state index contributed by atoms with van der Waals surface area (Å²) in [6.45, 7) is 6.48. The maximum Gasteiger partial charge on any atom is 0.410 e. The van der Waals surface area contributed by atoms with Gasteiger partial charge in [-0.05, 0) is 39.3 Å². The van der Waals surface area contributed by atoms with E-state index in [0.29, 0.717) is 25.2 Å². The summed E-state index contributed by atoms with van der Waals surface area (Å²) in [7, 11) is 0. The van der Waals surface area contributed by atoms with Crippen LogP contribution in [0.4, 0.5) is 16.2 Å². The summed E-state index contributed by atoms with van der Waals surface area (Å²) in [5.74, 6) is 0. The van der Waals surface area contributed by atoms with E-state index < -0.39 is 10.5 Å². The van der Waals surface area contributed by atoms with Crippen LogP contribution < -0.4 is 5.32 Å². The van der Waals surface area contributed by atoms with Crippen LogP contribution in [-0.4, -0.2) is 40.6 Å². The number of anilines is 1. The van der Waals surface area contributed by atoms with Crippen LogP contribution in [0, 0.1) is 10.1 Å². The summed E-state index contributed by atoms with van der Waals surface area (Å²) in [6, 6.07) is 4.71. The van der Waals surface area contributed by atoms with E-state index in [2.05, 4.69) is 21.2 Å². The lowest BCUT2D eigenvalue weighted by Crippen LogP contribution is -2.36. The number of rotatable bonds is 3. The molecule has 1 fully saturated rings. The van der Waals surface area contributed by atoms with Gasteiger partial charge in [-0.15, -0.1) is 0 Å². The number of hydrogen-bond donors (Lipinski definition) is 1. The van der Waals surface area contributed by atoms with Crippen LogP contribution in [0.3, 0.4) is 0 Å². The largest absolute Gasteiger partial charge is 0.444 e. The van der Waals surface area contributed by atoms with E-state index in [-0.39, 0.29) is 17.8 Å². The van der Waals surface area contributed by atoms with Gasteiger partial charge >= 0.3 is 6.09 Å². The molecule has 0 bridgehead atoms. The van der Waals surface area contributed by atoms with Crippen molar-refractivity contribution in [1.29, 1.82) is 0 Å². The van der Waals surface area contributed by atoms with Crippen molar-refractivity contribution >= 4 is 33.4 Å². The molecule has 1 N–H and O–H groups in total. The zero-order valence-corrected chi connectivity index (χ0v) is 14.9. The fraction of sp³-hybridized carbons (Fsp3) is 0.533. The second kappa shape index (κ2) is 6.74. The second-order valence-electron chi connectivity index (χ2n) is 6.47. The summed E-state index contributed by atoms with van der Waals surface area (Å²) in [6.07, 6.45) is 0.355. The Kier molecular flexibility index (Phi) is 5.13. The molecule has 126 valence electrons. The maximum atomic E-state index is 12.0. The van der Waals surface area contributed by atoms with E-state index in [4.69, 9.17) is 4.74 Å². The third-order valence-electron chi connectivity index (χ3n) is 3.35. The zero-order chi connectivity index (χ0) is 17.2. The minimum Gasteiger partial charge on any atom is -0.444 e.